The van der Waals surface area contributed by atoms with Gasteiger partial charge in [0.2, 0.25) is 0 Å². The fraction of sp³-hybridized carbons (Fsp3) is 0.312. The third-order valence-corrected chi connectivity index (χ3v) is 3.27. The second-order valence-corrected chi connectivity index (χ2v) is 4.91. The van der Waals surface area contributed by atoms with Gasteiger partial charge in [-0.05, 0) is 32.5 Å². The zero-order valence-electron chi connectivity index (χ0n) is 11.6. The maximum Gasteiger partial charge on any atom is 0.177 e. The van der Waals surface area contributed by atoms with Crippen LogP contribution < -0.4 is 0 Å². The van der Waals surface area contributed by atoms with Gasteiger partial charge in [0, 0.05) is 17.7 Å². The Morgan fingerprint density at radius 2 is 1.95 bits per heavy atom. The molecular formula is C16H19NO2. The zero-order chi connectivity index (χ0) is 13.8. The molecule has 0 unspecified atom stereocenters. The quantitative estimate of drug-likeness (QED) is 0.771. The van der Waals surface area contributed by atoms with Crippen LogP contribution in [0.25, 0.3) is 0 Å². The molecule has 0 saturated heterocycles. The highest BCUT2D eigenvalue weighted by Crippen LogP contribution is 2.12. The Kier molecular flexibility index (Phi) is 4.17. The van der Waals surface area contributed by atoms with E-state index in [1.54, 1.807) is 6.26 Å². The van der Waals surface area contributed by atoms with Gasteiger partial charge in [0.15, 0.2) is 5.78 Å². The number of Topliss-reactive ketones (excluding diaryl/α,β-unsaturated/α-hetero) is 1. The number of hydrogen-bond acceptors (Lipinski definition) is 3. The third-order valence-electron chi connectivity index (χ3n) is 3.27. The maximum atomic E-state index is 12.2. The zero-order valence-corrected chi connectivity index (χ0v) is 11.6. The van der Waals surface area contributed by atoms with E-state index in [0.717, 1.165) is 29.0 Å². The van der Waals surface area contributed by atoms with Crippen LogP contribution in [0.5, 0.6) is 0 Å². The summed E-state index contributed by atoms with van der Waals surface area (Å²) in [7, 11) is 1.95. The van der Waals surface area contributed by atoms with Gasteiger partial charge < -0.3 is 4.42 Å². The highest BCUT2D eigenvalue weighted by atomic mass is 16.3. The Morgan fingerprint density at radius 3 is 2.58 bits per heavy atom. The van der Waals surface area contributed by atoms with Crippen molar-refractivity contribution in [1.29, 1.82) is 0 Å². The van der Waals surface area contributed by atoms with Gasteiger partial charge in [-0.3, -0.25) is 9.69 Å². The Balaban J connectivity index is 2.00. The van der Waals surface area contributed by atoms with Gasteiger partial charge in [0.25, 0.3) is 0 Å². The normalized spacial score (nSPS) is 10.9. The summed E-state index contributed by atoms with van der Waals surface area (Å²) < 4.78 is 5.26. The summed E-state index contributed by atoms with van der Waals surface area (Å²) in [5, 5.41) is 0. The van der Waals surface area contributed by atoms with E-state index < -0.39 is 0 Å². The lowest BCUT2D eigenvalue weighted by Gasteiger charge is -2.16. The first-order chi connectivity index (χ1) is 9.08. The first-order valence-corrected chi connectivity index (χ1v) is 6.38. The molecule has 0 bridgehead atoms. The summed E-state index contributed by atoms with van der Waals surface area (Å²) >= 11 is 0. The number of ketones is 1. The lowest BCUT2D eigenvalue weighted by atomic mass is 10.0. The molecule has 0 N–H and O–H groups in total. The standard InChI is InChI=1S/C16H19NO2/c1-12-6-4-5-7-15(12)16(18)11-17(3)10-14-8-9-19-13(14)2/h4-9H,10-11H2,1-3H3. The van der Waals surface area contributed by atoms with E-state index >= 15 is 0 Å². The molecule has 2 rings (SSSR count). The van der Waals surface area contributed by atoms with Gasteiger partial charge in [-0.1, -0.05) is 24.3 Å². The lowest BCUT2D eigenvalue weighted by Crippen LogP contribution is -2.26. The molecule has 0 spiro atoms. The highest BCUT2D eigenvalue weighted by molar-refractivity contribution is 5.98. The van der Waals surface area contributed by atoms with Crippen LogP contribution in [0.1, 0.15) is 27.2 Å². The minimum absolute atomic E-state index is 0.154. The molecule has 1 aromatic heterocycles. The molecule has 0 atom stereocenters. The topological polar surface area (TPSA) is 33.5 Å². The van der Waals surface area contributed by atoms with Gasteiger partial charge in [-0.25, -0.2) is 0 Å². The van der Waals surface area contributed by atoms with Crippen LogP contribution in [0.4, 0.5) is 0 Å². The fourth-order valence-corrected chi connectivity index (χ4v) is 2.14. The molecule has 1 aromatic carbocycles. The van der Waals surface area contributed by atoms with Crippen LogP contribution in [-0.4, -0.2) is 24.3 Å². The largest absolute Gasteiger partial charge is 0.469 e. The number of furan rings is 1. The summed E-state index contributed by atoms with van der Waals surface area (Å²) in [4.78, 5) is 14.2. The Morgan fingerprint density at radius 1 is 1.21 bits per heavy atom. The monoisotopic (exact) mass is 257 g/mol. The fourth-order valence-electron chi connectivity index (χ4n) is 2.14. The predicted molar refractivity (Wildman–Crippen MR) is 75.3 cm³/mol. The summed E-state index contributed by atoms with van der Waals surface area (Å²) in [6.45, 7) is 5.04. The molecule has 19 heavy (non-hydrogen) atoms. The van der Waals surface area contributed by atoms with Crippen molar-refractivity contribution >= 4 is 5.78 Å². The molecule has 100 valence electrons. The van der Waals surface area contributed by atoms with Gasteiger partial charge in [-0.15, -0.1) is 0 Å². The van der Waals surface area contributed by atoms with Crippen molar-refractivity contribution in [2.45, 2.75) is 20.4 Å². The number of carbonyl (C=O) groups excluding carboxylic acids is 1. The van der Waals surface area contributed by atoms with E-state index in [2.05, 4.69) is 0 Å². The van der Waals surface area contributed by atoms with Gasteiger partial charge in [-0.2, -0.15) is 0 Å². The Labute approximate surface area is 113 Å². The van der Waals surface area contributed by atoms with Gasteiger partial charge in [0.05, 0.1) is 12.8 Å². The molecule has 1 heterocycles. The van der Waals surface area contributed by atoms with Crippen LogP contribution in [0, 0.1) is 13.8 Å². The number of nitrogens with zero attached hydrogens (tertiary/aromatic N) is 1. The van der Waals surface area contributed by atoms with E-state index in [9.17, 15) is 4.79 Å². The van der Waals surface area contributed by atoms with Crippen molar-refractivity contribution in [2.75, 3.05) is 13.6 Å². The van der Waals surface area contributed by atoms with Crippen molar-refractivity contribution in [3.8, 4) is 0 Å². The minimum atomic E-state index is 0.154. The molecule has 0 amide bonds. The average molecular weight is 257 g/mol. The molecule has 0 fully saturated rings. The summed E-state index contributed by atoms with van der Waals surface area (Å²) in [5.41, 5.74) is 2.96. The van der Waals surface area contributed by atoms with Crippen LogP contribution in [0.2, 0.25) is 0 Å². The predicted octanol–water partition coefficient (Wildman–Crippen LogP) is 3.21. The molecule has 0 aliphatic carbocycles. The second-order valence-electron chi connectivity index (χ2n) is 4.91. The lowest BCUT2D eigenvalue weighted by molar-refractivity contribution is 0.0942. The van der Waals surface area contributed by atoms with E-state index in [4.69, 9.17) is 4.42 Å². The minimum Gasteiger partial charge on any atom is -0.469 e. The molecule has 0 saturated carbocycles. The Bertz CT molecular complexity index is 572. The van der Waals surface area contributed by atoms with Gasteiger partial charge >= 0.3 is 0 Å². The van der Waals surface area contributed by atoms with E-state index in [1.165, 1.54) is 0 Å². The van der Waals surface area contributed by atoms with Crippen LogP contribution in [0.3, 0.4) is 0 Å². The summed E-state index contributed by atoms with van der Waals surface area (Å²) in [6.07, 6.45) is 1.68. The molecule has 3 heteroatoms. The van der Waals surface area contributed by atoms with Crippen LogP contribution in [0.15, 0.2) is 41.0 Å². The van der Waals surface area contributed by atoms with E-state index in [0.29, 0.717) is 6.54 Å². The molecular weight excluding hydrogens is 238 g/mol. The smallest absolute Gasteiger partial charge is 0.177 e. The average Bonchev–Trinajstić information content (AvgIpc) is 2.75. The number of rotatable bonds is 5. The SMILES string of the molecule is Cc1ccccc1C(=O)CN(C)Cc1ccoc1C. The van der Waals surface area contributed by atoms with Crippen molar-refractivity contribution in [1.82, 2.24) is 4.90 Å². The number of likely N-dealkylation sites (N-methyl/N-ethyl adjacent to an activating group) is 1. The Hall–Kier alpha value is -1.87. The molecule has 3 nitrogen and oxygen atoms in total. The second kappa shape index (κ2) is 5.85. The van der Waals surface area contributed by atoms with Gasteiger partial charge in [0.1, 0.15) is 5.76 Å². The molecule has 2 aromatic rings. The first kappa shape index (κ1) is 13.6. The van der Waals surface area contributed by atoms with Crippen LogP contribution in [-0.2, 0) is 6.54 Å². The van der Waals surface area contributed by atoms with E-state index in [1.807, 2.05) is 56.1 Å². The molecule has 0 radical (unpaired) electrons. The summed E-state index contributed by atoms with van der Waals surface area (Å²) in [5.74, 6) is 1.07. The number of hydrogen-bond donors (Lipinski definition) is 0. The van der Waals surface area contributed by atoms with Crippen molar-refractivity contribution < 1.29 is 9.21 Å². The third kappa shape index (κ3) is 3.32. The number of benzene rings is 1. The molecule has 0 aliphatic rings. The van der Waals surface area contributed by atoms with Crippen molar-refractivity contribution in [3.05, 3.63) is 59.0 Å². The summed E-state index contributed by atoms with van der Waals surface area (Å²) in [6, 6.07) is 9.65. The highest BCUT2D eigenvalue weighted by Gasteiger charge is 2.12. The number of carbonyl (C=O) groups is 1. The number of aryl methyl sites for hydroxylation is 2. The maximum absolute atomic E-state index is 12.2. The first-order valence-electron chi connectivity index (χ1n) is 6.38. The van der Waals surface area contributed by atoms with E-state index in [-0.39, 0.29) is 5.78 Å². The van der Waals surface area contributed by atoms with Crippen molar-refractivity contribution in [2.24, 2.45) is 0 Å². The van der Waals surface area contributed by atoms with Crippen molar-refractivity contribution in [3.63, 3.8) is 0 Å². The van der Waals surface area contributed by atoms with Crippen LogP contribution >= 0.6 is 0 Å². The molecule has 0 aliphatic heterocycles.